The molecule has 1 aromatic carbocycles. The van der Waals surface area contributed by atoms with E-state index in [0.29, 0.717) is 10.0 Å². The Bertz CT molecular complexity index is 703. The van der Waals surface area contributed by atoms with E-state index in [1.165, 1.54) is 6.07 Å². The van der Waals surface area contributed by atoms with Gasteiger partial charge in [0.25, 0.3) is 10.0 Å². The van der Waals surface area contributed by atoms with Gasteiger partial charge >= 0.3 is 0 Å². The van der Waals surface area contributed by atoms with Crippen molar-refractivity contribution in [3.8, 4) is 0 Å². The van der Waals surface area contributed by atoms with Crippen LogP contribution in [0.2, 0.25) is 8.67 Å². The summed E-state index contributed by atoms with van der Waals surface area (Å²) in [5.74, 6) is 0. The number of sulfonamides is 1. The van der Waals surface area contributed by atoms with Crippen LogP contribution in [0, 0.1) is 13.8 Å². The summed E-state index contributed by atoms with van der Waals surface area (Å²) in [5.41, 5.74) is 2.27. The lowest BCUT2D eigenvalue weighted by Gasteiger charge is -2.12. The predicted octanol–water partition coefficient (Wildman–Crippen LogP) is 4.47. The van der Waals surface area contributed by atoms with Crippen LogP contribution in [-0.4, -0.2) is 8.42 Å². The highest BCUT2D eigenvalue weighted by atomic mass is 35.5. The average molecular weight is 336 g/mol. The highest BCUT2D eigenvalue weighted by Crippen LogP contribution is 2.35. The van der Waals surface area contributed by atoms with E-state index in [1.54, 1.807) is 0 Å². The van der Waals surface area contributed by atoms with Gasteiger partial charge in [-0.1, -0.05) is 41.4 Å². The summed E-state index contributed by atoms with van der Waals surface area (Å²) in [6, 6.07) is 6.90. The van der Waals surface area contributed by atoms with Crippen LogP contribution in [0.25, 0.3) is 0 Å². The number of halogens is 2. The first kappa shape index (κ1) is 14.7. The van der Waals surface area contributed by atoms with Crippen molar-refractivity contribution in [2.24, 2.45) is 0 Å². The van der Waals surface area contributed by atoms with Gasteiger partial charge in [-0.25, -0.2) is 8.42 Å². The topological polar surface area (TPSA) is 46.2 Å². The molecule has 0 amide bonds. The second-order valence-corrected chi connectivity index (χ2v) is 8.00. The molecule has 0 spiro atoms. The van der Waals surface area contributed by atoms with Gasteiger partial charge in [-0.3, -0.25) is 4.72 Å². The fraction of sp³-hybridized carbons (Fsp3) is 0.167. The number of thiophene rings is 1. The second-order valence-electron chi connectivity index (χ2n) is 4.06. The number of para-hydroxylation sites is 1. The van der Waals surface area contributed by atoms with E-state index in [0.717, 1.165) is 22.5 Å². The third-order valence-electron chi connectivity index (χ3n) is 2.63. The highest BCUT2D eigenvalue weighted by molar-refractivity contribution is 7.93. The van der Waals surface area contributed by atoms with Crippen LogP contribution in [0.5, 0.6) is 0 Å². The van der Waals surface area contributed by atoms with Crippen LogP contribution >= 0.6 is 34.5 Å². The number of nitrogens with one attached hydrogen (secondary N) is 1. The van der Waals surface area contributed by atoms with Gasteiger partial charge in [-0.05, 0) is 31.0 Å². The van der Waals surface area contributed by atoms with Gasteiger partial charge in [0.1, 0.15) is 9.23 Å². The molecule has 0 aliphatic heterocycles. The van der Waals surface area contributed by atoms with E-state index in [4.69, 9.17) is 23.2 Å². The molecule has 0 radical (unpaired) electrons. The molecule has 0 saturated heterocycles. The number of hydrogen-bond acceptors (Lipinski definition) is 3. The number of benzene rings is 1. The van der Waals surface area contributed by atoms with Crippen LogP contribution < -0.4 is 4.72 Å². The molecule has 0 atom stereocenters. The minimum atomic E-state index is -3.72. The quantitative estimate of drug-likeness (QED) is 0.899. The van der Waals surface area contributed by atoms with Crippen molar-refractivity contribution in [2.75, 3.05) is 4.72 Å². The van der Waals surface area contributed by atoms with E-state index in [2.05, 4.69) is 4.72 Å². The molecule has 1 heterocycles. The molecule has 19 heavy (non-hydrogen) atoms. The first-order valence-electron chi connectivity index (χ1n) is 5.35. The summed E-state index contributed by atoms with van der Waals surface area (Å²) in [6.07, 6.45) is 0. The zero-order valence-electron chi connectivity index (χ0n) is 10.2. The number of rotatable bonds is 3. The van der Waals surface area contributed by atoms with Crippen molar-refractivity contribution in [3.05, 3.63) is 44.1 Å². The minimum absolute atomic E-state index is 0.00631. The van der Waals surface area contributed by atoms with Crippen LogP contribution in [0.1, 0.15) is 11.1 Å². The molecule has 3 nitrogen and oxygen atoms in total. The van der Waals surface area contributed by atoms with Crippen molar-refractivity contribution in [1.82, 2.24) is 0 Å². The van der Waals surface area contributed by atoms with Gasteiger partial charge in [0, 0.05) is 0 Å². The summed E-state index contributed by atoms with van der Waals surface area (Å²) in [5, 5.41) is 0. The normalized spacial score (nSPS) is 11.6. The second kappa shape index (κ2) is 5.32. The van der Waals surface area contributed by atoms with E-state index < -0.39 is 10.0 Å². The largest absolute Gasteiger partial charge is 0.279 e. The Morgan fingerprint density at radius 3 is 2.21 bits per heavy atom. The molecule has 0 unspecified atom stereocenters. The minimum Gasteiger partial charge on any atom is -0.279 e. The Kier molecular flexibility index (Phi) is 4.11. The Balaban J connectivity index is 2.45. The molecule has 2 aromatic rings. The van der Waals surface area contributed by atoms with Gasteiger partial charge in [0.15, 0.2) is 0 Å². The molecular formula is C12H11Cl2NO2S2. The van der Waals surface area contributed by atoms with Gasteiger partial charge in [0.05, 0.1) is 10.0 Å². The molecule has 0 bridgehead atoms. The Morgan fingerprint density at radius 2 is 1.74 bits per heavy atom. The van der Waals surface area contributed by atoms with Gasteiger partial charge in [-0.2, -0.15) is 0 Å². The maximum absolute atomic E-state index is 12.3. The maximum Gasteiger partial charge on any atom is 0.264 e. The summed E-state index contributed by atoms with van der Waals surface area (Å²) < 4.78 is 27.6. The Labute approximate surface area is 126 Å². The van der Waals surface area contributed by atoms with Gasteiger partial charge in [-0.15, -0.1) is 11.3 Å². The van der Waals surface area contributed by atoms with Gasteiger partial charge in [0.2, 0.25) is 0 Å². The number of anilines is 1. The molecule has 2 rings (SSSR count). The van der Waals surface area contributed by atoms with Crippen LogP contribution in [0.4, 0.5) is 5.69 Å². The van der Waals surface area contributed by atoms with Gasteiger partial charge < -0.3 is 0 Å². The van der Waals surface area contributed by atoms with Crippen molar-refractivity contribution >= 4 is 50.2 Å². The van der Waals surface area contributed by atoms with Crippen molar-refractivity contribution in [1.29, 1.82) is 0 Å². The lowest BCUT2D eigenvalue weighted by Crippen LogP contribution is -2.14. The third kappa shape index (κ3) is 3.05. The lowest BCUT2D eigenvalue weighted by molar-refractivity contribution is 0.601. The number of aryl methyl sites for hydroxylation is 2. The maximum atomic E-state index is 12.3. The molecule has 0 aliphatic rings. The zero-order chi connectivity index (χ0) is 14.2. The van der Waals surface area contributed by atoms with E-state index in [9.17, 15) is 8.42 Å². The highest BCUT2D eigenvalue weighted by Gasteiger charge is 2.22. The summed E-state index contributed by atoms with van der Waals surface area (Å²) in [7, 11) is -3.72. The van der Waals surface area contributed by atoms with Crippen molar-refractivity contribution < 1.29 is 8.42 Å². The number of hydrogen-bond donors (Lipinski definition) is 1. The van der Waals surface area contributed by atoms with E-state index >= 15 is 0 Å². The SMILES string of the molecule is Cc1cccc(C)c1NS(=O)(=O)c1cc(Cl)sc1Cl. The van der Waals surface area contributed by atoms with Crippen molar-refractivity contribution in [3.63, 3.8) is 0 Å². The predicted molar refractivity (Wildman–Crippen MR) is 81.1 cm³/mol. The van der Waals surface area contributed by atoms with Crippen LogP contribution in [0.3, 0.4) is 0 Å². The first-order chi connectivity index (χ1) is 8.81. The van der Waals surface area contributed by atoms with Crippen LogP contribution in [0.15, 0.2) is 29.2 Å². The molecule has 0 saturated carbocycles. The third-order valence-corrected chi connectivity index (χ3v) is 5.74. The standard InChI is InChI=1S/C12H11Cl2NO2S2/c1-7-4-3-5-8(2)11(7)15-19(16,17)9-6-10(13)18-12(9)14/h3-6,15H,1-2H3. The Morgan fingerprint density at radius 1 is 1.16 bits per heavy atom. The smallest absolute Gasteiger partial charge is 0.264 e. The fourth-order valence-corrected chi connectivity index (χ4v) is 5.03. The fourth-order valence-electron chi connectivity index (χ4n) is 1.67. The lowest BCUT2D eigenvalue weighted by atomic mass is 10.1. The zero-order valence-corrected chi connectivity index (χ0v) is 13.3. The summed E-state index contributed by atoms with van der Waals surface area (Å²) >= 11 is 12.7. The van der Waals surface area contributed by atoms with E-state index in [-0.39, 0.29) is 9.23 Å². The molecule has 0 fully saturated rings. The first-order valence-corrected chi connectivity index (χ1v) is 8.40. The molecule has 1 aromatic heterocycles. The molecule has 1 N–H and O–H groups in total. The molecular weight excluding hydrogens is 325 g/mol. The summed E-state index contributed by atoms with van der Waals surface area (Å²) in [6.45, 7) is 3.68. The monoisotopic (exact) mass is 335 g/mol. The summed E-state index contributed by atoms with van der Waals surface area (Å²) in [4.78, 5) is 0.00631. The Hall–Kier alpha value is -0.750. The van der Waals surface area contributed by atoms with E-state index in [1.807, 2.05) is 32.0 Å². The average Bonchev–Trinajstić information content (AvgIpc) is 2.64. The molecule has 7 heteroatoms. The van der Waals surface area contributed by atoms with Crippen molar-refractivity contribution in [2.45, 2.75) is 18.7 Å². The molecule has 0 aliphatic carbocycles. The van der Waals surface area contributed by atoms with Crippen LogP contribution in [-0.2, 0) is 10.0 Å². The molecule has 102 valence electrons.